The Morgan fingerprint density at radius 3 is 1.26 bits per heavy atom. The fourth-order valence-corrected chi connectivity index (χ4v) is 3.21. The van der Waals surface area contributed by atoms with Gasteiger partial charge in [0.05, 0.1) is 10.0 Å². The number of benzene rings is 2. The predicted molar refractivity (Wildman–Crippen MR) is 91.7 cm³/mol. The first-order chi connectivity index (χ1) is 10.5. The lowest BCUT2D eigenvalue weighted by Gasteiger charge is -2.29. The third-order valence-electron chi connectivity index (χ3n) is 3.68. The minimum absolute atomic E-state index is 0.0636. The maximum atomic E-state index is 10.2. The quantitative estimate of drug-likeness (QED) is 0.543. The van der Waals surface area contributed by atoms with Gasteiger partial charge in [-0.2, -0.15) is 0 Å². The SMILES string of the molecule is CC(C)(c1cc(Cl)c(O)c(Cl)c1O)c1cc(Cl)c(O)c(Cl)c1O. The molecule has 0 saturated heterocycles. The van der Waals surface area contributed by atoms with E-state index in [9.17, 15) is 20.4 Å². The Morgan fingerprint density at radius 2 is 0.957 bits per heavy atom. The van der Waals surface area contributed by atoms with Crippen molar-refractivity contribution in [1.82, 2.24) is 0 Å². The Labute approximate surface area is 152 Å². The highest BCUT2D eigenvalue weighted by Gasteiger charge is 2.33. The highest BCUT2D eigenvalue weighted by molar-refractivity contribution is 6.39. The molecule has 2 rings (SSSR count). The van der Waals surface area contributed by atoms with Crippen molar-refractivity contribution in [3.05, 3.63) is 43.4 Å². The van der Waals surface area contributed by atoms with E-state index in [-0.39, 0.29) is 31.2 Å². The summed E-state index contributed by atoms with van der Waals surface area (Å²) < 4.78 is 0. The van der Waals surface area contributed by atoms with E-state index in [0.717, 1.165) is 0 Å². The smallest absolute Gasteiger partial charge is 0.156 e. The van der Waals surface area contributed by atoms with Gasteiger partial charge in [-0.25, -0.2) is 0 Å². The van der Waals surface area contributed by atoms with Crippen molar-refractivity contribution in [1.29, 1.82) is 0 Å². The molecule has 0 aliphatic heterocycles. The minimum Gasteiger partial charge on any atom is -0.506 e. The molecular weight excluding hydrogens is 386 g/mol. The van der Waals surface area contributed by atoms with Gasteiger partial charge in [-0.05, 0) is 12.1 Å². The topological polar surface area (TPSA) is 80.9 Å². The number of phenols is 4. The average Bonchev–Trinajstić information content (AvgIpc) is 2.49. The Kier molecular flexibility index (Phi) is 4.75. The van der Waals surface area contributed by atoms with E-state index in [2.05, 4.69) is 0 Å². The lowest BCUT2D eigenvalue weighted by molar-refractivity contribution is 0.423. The van der Waals surface area contributed by atoms with Crippen LogP contribution in [0.25, 0.3) is 0 Å². The van der Waals surface area contributed by atoms with Gasteiger partial charge >= 0.3 is 0 Å². The molecule has 2 aromatic rings. The number of hydrogen-bond donors (Lipinski definition) is 4. The maximum absolute atomic E-state index is 10.2. The molecule has 0 amide bonds. The maximum Gasteiger partial charge on any atom is 0.156 e. The average molecular weight is 398 g/mol. The first-order valence-electron chi connectivity index (χ1n) is 6.31. The molecule has 0 spiro atoms. The molecule has 0 aromatic heterocycles. The van der Waals surface area contributed by atoms with Gasteiger partial charge in [0.1, 0.15) is 21.5 Å². The molecule has 4 N–H and O–H groups in total. The summed E-state index contributed by atoms with van der Waals surface area (Å²) in [6, 6.07) is 2.65. The van der Waals surface area contributed by atoms with E-state index in [0.29, 0.717) is 0 Å². The highest BCUT2D eigenvalue weighted by atomic mass is 35.5. The largest absolute Gasteiger partial charge is 0.506 e. The molecular formula is C15H12Cl4O4. The minimum atomic E-state index is -1.05. The first kappa shape index (κ1) is 18.1. The van der Waals surface area contributed by atoms with Crippen LogP contribution in [-0.2, 0) is 5.41 Å². The Bertz CT molecular complexity index is 738. The Morgan fingerprint density at radius 1 is 0.652 bits per heavy atom. The van der Waals surface area contributed by atoms with Gasteiger partial charge in [0.2, 0.25) is 0 Å². The van der Waals surface area contributed by atoms with Crippen molar-refractivity contribution in [2.45, 2.75) is 19.3 Å². The first-order valence-corrected chi connectivity index (χ1v) is 7.82. The number of hydrogen-bond acceptors (Lipinski definition) is 4. The van der Waals surface area contributed by atoms with Crippen LogP contribution < -0.4 is 0 Å². The third-order valence-corrected chi connectivity index (χ3v) is 4.98. The van der Waals surface area contributed by atoms with Crippen molar-refractivity contribution < 1.29 is 20.4 Å². The second-order valence-electron chi connectivity index (χ2n) is 5.46. The van der Waals surface area contributed by atoms with Gasteiger partial charge < -0.3 is 20.4 Å². The molecule has 0 radical (unpaired) electrons. The van der Waals surface area contributed by atoms with Gasteiger partial charge in [-0.15, -0.1) is 0 Å². The second kappa shape index (κ2) is 6.02. The van der Waals surface area contributed by atoms with Crippen LogP contribution in [0.3, 0.4) is 0 Å². The van der Waals surface area contributed by atoms with Crippen LogP contribution in [0.1, 0.15) is 25.0 Å². The molecule has 124 valence electrons. The third kappa shape index (κ3) is 2.85. The van der Waals surface area contributed by atoms with E-state index in [1.54, 1.807) is 13.8 Å². The van der Waals surface area contributed by atoms with Gasteiger partial charge in [0, 0.05) is 16.5 Å². The monoisotopic (exact) mass is 396 g/mol. The molecule has 8 heteroatoms. The summed E-state index contributed by atoms with van der Waals surface area (Å²) in [6.07, 6.45) is 0. The Hall–Kier alpha value is -1.20. The van der Waals surface area contributed by atoms with Gasteiger partial charge in [-0.1, -0.05) is 60.3 Å². The van der Waals surface area contributed by atoms with E-state index in [1.807, 2.05) is 0 Å². The molecule has 4 nitrogen and oxygen atoms in total. The van der Waals surface area contributed by atoms with Crippen molar-refractivity contribution in [3.8, 4) is 23.0 Å². The van der Waals surface area contributed by atoms with Gasteiger partial charge in [-0.3, -0.25) is 0 Å². The van der Waals surface area contributed by atoms with E-state index < -0.39 is 28.4 Å². The van der Waals surface area contributed by atoms with Crippen LogP contribution in [0.15, 0.2) is 12.1 Å². The number of phenolic OH excluding ortho intramolecular Hbond substituents is 4. The van der Waals surface area contributed by atoms with E-state index >= 15 is 0 Å². The van der Waals surface area contributed by atoms with Gasteiger partial charge in [0.15, 0.2) is 11.5 Å². The summed E-state index contributed by atoms with van der Waals surface area (Å²) in [5.74, 6) is -1.68. The van der Waals surface area contributed by atoms with E-state index in [1.165, 1.54) is 12.1 Å². The van der Waals surface area contributed by atoms with Crippen molar-refractivity contribution in [3.63, 3.8) is 0 Å². The number of halogens is 4. The molecule has 0 bridgehead atoms. The van der Waals surface area contributed by atoms with Crippen LogP contribution in [0.2, 0.25) is 20.1 Å². The lowest BCUT2D eigenvalue weighted by Crippen LogP contribution is -2.19. The van der Waals surface area contributed by atoms with Crippen molar-refractivity contribution in [2.75, 3.05) is 0 Å². The van der Waals surface area contributed by atoms with Gasteiger partial charge in [0.25, 0.3) is 0 Å². The summed E-state index contributed by atoms with van der Waals surface area (Å²) in [5, 5.41) is 39.1. The molecule has 0 aliphatic carbocycles. The molecule has 0 unspecified atom stereocenters. The zero-order valence-corrected chi connectivity index (χ0v) is 15.0. The van der Waals surface area contributed by atoms with Crippen molar-refractivity contribution in [2.24, 2.45) is 0 Å². The number of rotatable bonds is 2. The summed E-state index contributed by atoms with van der Waals surface area (Å²) in [4.78, 5) is 0. The summed E-state index contributed by atoms with van der Waals surface area (Å²) in [6.45, 7) is 3.31. The molecule has 0 atom stereocenters. The molecule has 0 aliphatic rings. The molecule has 0 heterocycles. The van der Waals surface area contributed by atoms with Crippen LogP contribution in [0.5, 0.6) is 23.0 Å². The zero-order chi connectivity index (χ0) is 17.7. The van der Waals surface area contributed by atoms with Crippen molar-refractivity contribution >= 4 is 46.4 Å². The van der Waals surface area contributed by atoms with Crippen LogP contribution in [0, 0.1) is 0 Å². The lowest BCUT2D eigenvalue weighted by atomic mass is 9.77. The fraction of sp³-hybridized carbons (Fsp3) is 0.200. The summed E-state index contributed by atoms with van der Waals surface area (Å²) in [7, 11) is 0. The number of aromatic hydroxyl groups is 4. The standard InChI is InChI=1S/C15H12Cl4O4/c1-15(2,5-3-7(16)13(22)9(18)11(5)20)6-4-8(17)14(23)10(19)12(6)21/h3-4,20-23H,1-2H3. The van der Waals surface area contributed by atoms with E-state index in [4.69, 9.17) is 46.4 Å². The predicted octanol–water partition coefficient (Wildman–Crippen LogP) is 5.45. The van der Waals surface area contributed by atoms with Crippen LogP contribution in [-0.4, -0.2) is 20.4 Å². The van der Waals surface area contributed by atoms with Crippen LogP contribution >= 0.6 is 46.4 Å². The normalized spacial score (nSPS) is 11.7. The Balaban J connectivity index is 2.79. The van der Waals surface area contributed by atoms with Crippen LogP contribution in [0.4, 0.5) is 0 Å². The highest BCUT2D eigenvalue weighted by Crippen LogP contribution is 2.51. The molecule has 23 heavy (non-hydrogen) atoms. The second-order valence-corrected chi connectivity index (χ2v) is 7.03. The molecule has 0 saturated carbocycles. The molecule has 2 aromatic carbocycles. The summed E-state index contributed by atoms with van der Waals surface area (Å²) in [5.41, 5.74) is -0.576. The zero-order valence-electron chi connectivity index (χ0n) is 12.0. The molecule has 0 fully saturated rings. The fourth-order valence-electron chi connectivity index (χ4n) is 2.30. The summed E-state index contributed by atoms with van der Waals surface area (Å²) >= 11 is 23.6.